The first-order valence-electron chi connectivity index (χ1n) is 25.1. The first kappa shape index (κ1) is 61.4. The van der Waals surface area contributed by atoms with Gasteiger partial charge in [0.15, 0.2) is 37.7 Å². The molecule has 0 amide bonds. The molecule has 27 unspecified atom stereocenters. The third-order valence-corrected chi connectivity index (χ3v) is 14.0. The quantitative estimate of drug-likeness (QED) is 0.0510. The van der Waals surface area contributed by atoms with Gasteiger partial charge in [0.05, 0.1) is 45.2 Å². The Morgan fingerprint density at radius 3 is 1.43 bits per heavy atom. The van der Waals surface area contributed by atoms with E-state index in [9.17, 15) is 71.5 Å². The second-order valence-corrected chi connectivity index (χ2v) is 20.2. The molecule has 6 aliphatic rings. The van der Waals surface area contributed by atoms with Crippen LogP contribution in [0.2, 0.25) is 0 Å². The fourth-order valence-electron chi connectivity index (χ4n) is 9.23. The molecule has 0 bridgehead atoms. The zero-order chi connectivity index (χ0) is 54.3. The van der Waals surface area contributed by atoms with Gasteiger partial charge in [-0.1, -0.05) is 34.9 Å². The molecule has 6 rings (SSSR count). The largest absolute Gasteiger partial charge is 0.388 e. The minimum Gasteiger partial charge on any atom is -0.388 e. The summed E-state index contributed by atoms with van der Waals surface area (Å²) in [5.74, 6) is 0. The summed E-state index contributed by atoms with van der Waals surface area (Å²) in [6, 6.07) is 0. The highest BCUT2D eigenvalue weighted by Crippen LogP contribution is 2.35. The van der Waals surface area contributed by atoms with E-state index in [0.717, 1.165) is 24.8 Å². The van der Waals surface area contributed by atoms with Crippen LogP contribution < -0.4 is 0 Å². The van der Waals surface area contributed by atoms with E-state index in [2.05, 4.69) is 32.9 Å². The number of aliphatic hydroxyl groups is 14. The van der Waals surface area contributed by atoms with Gasteiger partial charge in [-0.2, -0.15) is 0 Å². The molecule has 0 aromatic heterocycles. The summed E-state index contributed by atoms with van der Waals surface area (Å²) >= 11 is 0. The summed E-state index contributed by atoms with van der Waals surface area (Å²) < 4.78 is 68.7. The molecule has 0 aliphatic carbocycles. The van der Waals surface area contributed by atoms with Gasteiger partial charge in [0.25, 0.3) is 0 Å². The van der Waals surface area contributed by atoms with Crippen molar-refractivity contribution in [3.05, 3.63) is 34.9 Å². The van der Waals surface area contributed by atoms with Crippen molar-refractivity contribution in [2.24, 2.45) is 0 Å². The van der Waals surface area contributed by atoms with E-state index in [1.807, 2.05) is 6.92 Å². The highest BCUT2D eigenvalue weighted by molar-refractivity contribution is 5.06. The van der Waals surface area contributed by atoms with Gasteiger partial charge in [-0.15, -0.1) is 0 Å². The lowest BCUT2D eigenvalue weighted by molar-refractivity contribution is -0.383. The molecule has 74 heavy (non-hydrogen) atoms. The third kappa shape index (κ3) is 15.3. The van der Waals surface area contributed by atoms with Crippen LogP contribution in [0.5, 0.6) is 0 Å². The molecule has 6 heterocycles. The van der Waals surface area contributed by atoms with Crippen molar-refractivity contribution in [1.29, 1.82) is 0 Å². The highest BCUT2D eigenvalue weighted by atomic mass is 16.8. The summed E-state index contributed by atoms with van der Waals surface area (Å²) in [5, 5.41) is 150. The van der Waals surface area contributed by atoms with Crippen LogP contribution >= 0.6 is 0 Å². The summed E-state index contributed by atoms with van der Waals surface area (Å²) in [6.07, 6.45) is -33.2. The molecule has 6 saturated heterocycles. The van der Waals surface area contributed by atoms with E-state index in [1.54, 1.807) is 6.08 Å². The molecule has 14 N–H and O–H groups in total. The van der Waals surface area contributed by atoms with E-state index >= 15 is 0 Å². The standard InChI is InChI=1S/C48H80O26/c1-19(2)9-7-10-20(3)11-8-12-21(4)13-14-63-46-39(62)42(31(54)27(71-46)18-67-43-36(59)30(53)26(17-66-43)70-44-34(57)28(51)24(49)15-64-44)74-48-38(61)33(56)41(23(6)69-48)73-47-37(60)32(55)40(22(5)68-47)72-45-35(58)29(52)25(50)16-65-45/h9,11,13,22-62H,7-8,10,12,14-18H2,1-6H3/b20-11+,21-13+. The Balaban J connectivity index is 1.09. The smallest absolute Gasteiger partial charge is 0.187 e. The highest BCUT2D eigenvalue weighted by Gasteiger charge is 2.54. The Hall–Kier alpha value is -1.82. The maximum absolute atomic E-state index is 11.7. The van der Waals surface area contributed by atoms with E-state index in [-0.39, 0.29) is 19.8 Å². The number of rotatable bonds is 20. The van der Waals surface area contributed by atoms with Crippen LogP contribution in [-0.4, -0.2) is 270 Å². The number of ether oxygens (including phenoxy) is 12. The van der Waals surface area contributed by atoms with Gasteiger partial charge in [0.1, 0.15) is 116 Å². The Morgan fingerprint density at radius 2 is 0.878 bits per heavy atom. The Morgan fingerprint density at radius 1 is 0.419 bits per heavy atom. The topological polar surface area (TPSA) is 394 Å². The van der Waals surface area contributed by atoms with Gasteiger partial charge < -0.3 is 128 Å². The zero-order valence-electron chi connectivity index (χ0n) is 42.3. The fourth-order valence-corrected chi connectivity index (χ4v) is 9.23. The number of aliphatic hydroxyl groups excluding tert-OH is 14. The average molecular weight is 1070 g/mol. The molecule has 0 aromatic rings. The first-order chi connectivity index (χ1) is 35.0. The van der Waals surface area contributed by atoms with Gasteiger partial charge in [-0.3, -0.25) is 0 Å². The van der Waals surface area contributed by atoms with Gasteiger partial charge in [0.2, 0.25) is 0 Å². The van der Waals surface area contributed by atoms with Gasteiger partial charge in [-0.25, -0.2) is 0 Å². The van der Waals surface area contributed by atoms with Crippen LogP contribution in [-0.2, 0) is 56.8 Å². The Kier molecular flexibility index (Phi) is 23.1. The molecule has 6 aliphatic heterocycles. The Bertz CT molecular complexity index is 1810. The van der Waals surface area contributed by atoms with E-state index in [0.29, 0.717) is 6.42 Å². The lowest BCUT2D eigenvalue weighted by atomic mass is 9.96. The van der Waals surface area contributed by atoms with Gasteiger partial charge in [0, 0.05) is 0 Å². The number of allylic oxidation sites excluding steroid dienone is 5. The Labute approximate surface area is 428 Å². The first-order valence-corrected chi connectivity index (χ1v) is 25.1. The number of hydrogen-bond donors (Lipinski definition) is 14. The van der Waals surface area contributed by atoms with Crippen LogP contribution in [0.25, 0.3) is 0 Å². The van der Waals surface area contributed by atoms with E-state index in [1.165, 1.54) is 25.0 Å². The molecule has 0 spiro atoms. The monoisotopic (exact) mass is 1070 g/mol. The molecule has 6 fully saturated rings. The molecule has 26 heteroatoms. The fraction of sp³-hybridized carbons (Fsp3) is 0.875. The maximum atomic E-state index is 11.7. The molecule has 428 valence electrons. The van der Waals surface area contributed by atoms with Crippen molar-refractivity contribution in [3.63, 3.8) is 0 Å². The van der Waals surface area contributed by atoms with Crippen LogP contribution in [0.4, 0.5) is 0 Å². The van der Waals surface area contributed by atoms with Crippen molar-refractivity contribution in [1.82, 2.24) is 0 Å². The molecule has 27 atom stereocenters. The van der Waals surface area contributed by atoms with Crippen molar-refractivity contribution in [2.45, 2.75) is 233 Å². The van der Waals surface area contributed by atoms with Crippen molar-refractivity contribution in [3.8, 4) is 0 Å². The summed E-state index contributed by atoms with van der Waals surface area (Å²) in [5.41, 5.74) is 3.49. The predicted octanol–water partition coefficient (Wildman–Crippen LogP) is -4.68. The second kappa shape index (κ2) is 27.9. The SMILES string of the molecule is CC(C)=CCC/C(C)=C/CC/C(C)=C/COC1OC(COC2OCC(OC3OCC(O)C(O)C3O)C(O)C2O)C(O)C(OC2OC(C)C(OC3OC(C)C(OC4OCC(O)C(O)C4O)C(O)C3O)C(O)C2O)C1O. The second-order valence-electron chi connectivity index (χ2n) is 20.2. The lowest BCUT2D eigenvalue weighted by Gasteiger charge is -2.48. The molecule has 0 aromatic carbocycles. The van der Waals surface area contributed by atoms with Crippen LogP contribution in [0, 0.1) is 0 Å². The summed E-state index contributed by atoms with van der Waals surface area (Å²) in [7, 11) is 0. The molecular formula is C48H80O26. The lowest BCUT2D eigenvalue weighted by Crippen LogP contribution is -2.66. The summed E-state index contributed by atoms with van der Waals surface area (Å²) in [4.78, 5) is 0. The number of hydrogen-bond acceptors (Lipinski definition) is 26. The van der Waals surface area contributed by atoms with Crippen molar-refractivity contribution >= 4 is 0 Å². The normalized spacial score (nSPS) is 46.8. The summed E-state index contributed by atoms with van der Waals surface area (Å²) in [6.45, 7) is 9.13. The van der Waals surface area contributed by atoms with Gasteiger partial charge in [-0.05, 0) is 67.2 Å². The van der Waals surface area contributed by atoms with Crippen molar-refractivity contribution < 1.29 is 128 Å². The average Bonchev–Trinajstić information content (AvgIpc) is 3.35. The van der Waals surface area contributed by atoms with E-state index < -0.39 is 179 Å². The van der Waals surface area contributed by atoms with Crippen LogP contribution in [0.3, 0.4) is 0 Å². The minimum absolute atomic E-state index is 0.0726. The molecule has 26 nitrogen and oxygen atoms in total. The van der Waals surface area contributed by atoms with E-state index in [4.69, 9.17) is 56.8 Å². The molecule has 0 radical (unpaired) electrons. The maximum Gasteiger partial charge on any atom is 0.187 e. The van der Waals surface area contributed by atoms with Crippen LogP contribution in [0.1, 0.15) is 67.2 Å². The third-order valence-electron chi connectivity index (χ3n) is 14.0. The molecular weight excluding hydrogens is 993 g/mol. The predicted molar refractivity (Wildman–Crippen MR) is 247 cm³/mol. The zero-order valence-corrected chi connectivity index (χ0v) is 42.3. The van der Waals surface area contributed by atoms with Gasteiger partial charge >= 0.3 is 0 Å². The minimum atomic E-state index is -1.95. The molecule has 0 saturated carbocycles. The van der Waals surface area contributed by atoms with Crippen LogP contribution in [0.15, 0.2) is 34.9 Å². The van der Waals surface area contributed by atoms with Crippen molar-refractivity contribution in [2.75, 3.05) is 33.0 Å².